The first-order valence-electron chi connectivity index (χ1n) is 4.98. The van der Waals surface area contributed by atoms with E-state index in [9.17, 15) is 9.59 Å². The molecule has 0 amide bonds. The van der Waals surface area contributed by atoms with E-state index in [1.807, 2.05) is 0 Å². The van der Waals surface area contributed by atoms with E-state index in [4.69, 9.17) is 21.4 Å². The predicted octanol–water partition coefficient (Wildman–Crippen LogP) is 1.37. The van der Waals surface area contributed by atoms with Crippen LogP contribution in [0.4, 0.5) is 0 Å². The fourth-order valence-electron chi connectivity index (χ4n) is 1.63. The van der Waals surface area contributed by atoms with Crippen LogP contribution in [-0.2, 0) is 9.53 Å². The third-order valence-corrected chi connectivity index (χ3v) is 2.78. The summed E-state index contributed by atoms with van der Waals surface area (Å²) in [6.07, 6.45) is 0. The molecule has 2 rings (SSSR count). The van der Waals surface area contributed by atoms with Gasteiger partial charge in [0.15, 0.2) is 0 Å². The molecule has 0 spiro atoms. The number of Topliss-reactive ketones (excluding diaryl/α,β-unsaturated/α-hetero) is 1. The van der Waals surface area contributed by atoms with Crippen molar-refractivity contribution in [3.63, 3.8) is 0 Å². The van der Waals surface area contributed by atoms with Crippen LogP contribution in [0.3, 0.4) is 0 Å². The Labute approximate surface area is 102 Å². The van der Waals surface area contributed by atoms with Gasteiger partial charge >= 0.3 is 5.97 Å². The molecule has 1 aliphatic rings. The molecular weight excluding hydrogens is 244 g/mol. The number of carbonyl (C=O) groups excluding carboxylic acids is 2. The Hall–Kier alpha value is -1.65. The van der Waals surface area contributed by atoms with Crippen molar-refractivity contribution in [1.82, 2.24) is 0 Å². The second-order valence-corrected chi connectivity index (χ2v) is 3.80. The largest absolute Gasteiger partial charge is 0.460 e. The summed E-state index contributed by atoms with van der Waals surface area (Å²) in [7, 11) is 0. The molecule has 0 fully saturated rings. The van der Waals surface area contributed by atoms with Gasteiger partial charge in [-0.05, 0) is 0 Å². The molecule has 1 aliphatic carbocycles. The van der Waals surface area contributed by atoms with Crippen LogP contribution in [0.1, 0.15) is 15.9 Å². The third-order valence-electron chi connectivity index (χ3n) is 2.38. The molecule has 0 atom stereocenters. The molecule has 4 nitrogen and oxygen atoms in total. The van der Waals surface area contributed by atoms with Crippen molar-refractivity contribution >= 4 is 28.4 Å². The number of aliphatic hydroxyl groups excluding tert-OH is 1. The minimum atomic E-state index is -0.801. The molecule has 0 aromatic heterocycles. The highest BCUT2D eigenvalue weighted by molar-refractivity contribution is 6.57. The summed E-state index contributed by atoms with van der Waals surface area (Å²) in [5, 5.41) is 8.66. The second-order valence-electron chi connectivity index (χ2n) is 3.42. The van der Waals surface area contributed by atoms with Crippen molar-refractivity contribution in [2.75, 3.05) is 13.2 Å². The van der Waals surface area contributed by atoms with Crippen LogP contribution in [0.5, 0.6) is 0 Å². The average molecular weight is 253 g/mol. The summed E-state index contributed by atoms with van der Waals surface area (Å²) in [4.78, 5) is 23.5. The summed E-state index contributed by atoms with van der Waals surface area (Å²) < 4.78 is 4.70. The van der Waals surface area contributed by atoms with Crippen molar-refractivity contribution in [1.29, 1.82) is 0 Å². The molecule has 0 radical (unpaired) electrons. The Morgan fingerprint density at radius 1 is 1.29 bits per heavy atom. The maximum atomic E-state index is 11.9. The molecule has 1 aromatic carbocycles. The predicted molar refractivity (Wildman–Crippen MR) is 61.6 cm³/mol. The van der Waals surface area contributed by atoms with Gasteiger partial charge in [0.2, 0.25) is 5.78 Å². The highest BCUT2D eigenvalue weighted by Gasteiger charge is 2.33. The van der Waals surface area contributed by atoms with Gasteiger partial charge < -0.3 is 9.84 Å². The number of hydrogen-bond donors (Lipinski definition) is 1. The average Bonchev–Trinajstić information content (AvgIpc) is 2.60. The highest BCUT2D eigenvalue weighted by Crippen LogP contribution is 2.35. The third kappa shape index (κ3) is 1.97. The van der Waals surface area contributed by atoms with E-state index in [0.717, 1.165) is 0 Å². The van der Waals surface area contributed by atoms with E-state index < -0.39 is 11.8 Å². The zero-order chi connectivity index (χ0) is 12.4. The Morgan fingerprint density at radius 2 is 1.94 bits per heavy atom. The van der Waals surface area contributed by atoms with E-state index >= 15 is 0 Å². The fourth-order valence-corrected chi connectivity index (χ4v) is 1.96. The zero-order valence-electron chi connectivity index (χ0n) is 8.77. The highest BCUT2D eigenvalue weighted by atomic mass is 35.5. The van der Waals surface area contributed by atoms with Crippen molar-refractivity contribution in [2.24, 2.45) is 0 Å². The van der Waals surface area contributed by atoms with Crippen molar-refractivity contribution in [3.8, 4) is 0 Å². The molecular formula is C12H9ClO4. The number of esters is 1. The molecule has 0 saturated carbocycles. The van der Waals surface area contributed by atoms with Gasteiger partial charge in [0, 0.05) is 11.1 Å². The van der Waals surface area contributed by atoms with Gasteiger partial charge in [0.1, 0.15) is 12.2 Å². The Morgan fingerprint density at radius 3 is 2.53 bits per heavy atom. The van der Waals surface area contributed by atoms with Gasteiger partial charge in [-0.3, -0.25) is 4.79 Å². The van der Waals surface area contributed by atoms with Crippen molar-refractivity contribution in [2.45, 2.75) is 0 Å². The van der Waals surface area contributed by atoms with E-state index in [2.05, 4.69) is 0 Å². The summed E-state index contributed by atoms with van der Waals surface area (Å²) in [6.45, 7) is -0.450. The number of hydrogen-bond acceptors (Lipinski definition) is 4. The monoisotopic (exact) mass is 252 g/mol. The van der Waals surface area contributed by atoms with Crippen LogP contribution in [0, 0.1) is 0 Å². The maximum absolute atomic E-state index is 11.9. The smallest absolute Gasteiger partial charge is 0.343 e. The van der Waals surface area contributed by atoms with Crippen molar-refractivity contribution < 1.29 is 19.4 Å². The van der Waals surface area contributed by atoms with E-state index in [-0.39, 0.29) is 23.8 Å². The van der Waals surface area contributed by atoms with E-state index in [1.165, 1.54) is 0 Å². The van der Waals surface area contributed by atoms with Crippen LogP contribution in [0.15, 0.2) is 29.8 Å². The molecule has 88 valence electrons. The molecule has 1 N–H and O–H groups in total. The number of aliphatic hydroxyl groups is 1. The van der Waals surface area contributed by atoms with Gasteiger partial charge in [0.25, 0.3) is 0 Å². The molecule has 0 bridgehead atoms. The minimum Gasteiger partial charge on any atom is -0.460 e. The van der Waals surface area contributed by atoms with Crippen LogP contribution >= 0.6 is 11.6 Å². The zero-order valence-corrected chi connectivity index (χ0v) is 9.53. The number of benzene rings is 1. The van der Waals surface area contributed by atoms with Gasteiger partial charge in [-0.15, -0.1) is 0 Å². The molecule has 0 heterocycles. The van der Waals surface area contributed by atoms with Gasteiger partial charge in [-0.25, -0.2) is 4.79 Å². The van der Waals surface area contributed by atoms with Crippen LogP contribution in [0.25, 0.3) is 5.03 Å². The van der Waals surface area contributed by atoms with E-state index in [1.54, 1.807) is 24.3 Å². The standard InChI is InChI=1S/C12H9ClO4/c13-10-7-3-1-2-4-8(7)11(15)9(10)12(16)17-6-5-14/h1-4,14H,5-6H2. The quantitative estimate of drug-likeness (QED) is 0.652. The maximum Gasteiger partial charge on any atom is 0.343 e. The first-order chi connectivity index (χ1) is 8.16. The lowest BCUT2D eigenvalue weighted by atomic mass is 10.1. The Kier molecular flexibility index (Phi) is 3.26. The second kappa shape index (κ2) is 4.69. The molecule has 1 aromatic rings. The molecule has 5 heteroatoms. The van der Waals surface area contributed by atoms with Crippen LogP contribution in [-0.4, -0.2) is 30.1 Å². The fraction of sp³-hybridized carbons (Fsp3) is 0.167. The first-order valence-corrected chi connectivity index (χ1v) is 5.36. The lowest BCUT2D eigenvalue weighted by Gasteiger charge is -2.02. The Bertz CT molecular complexity index is 519. The summed E-state index contributed by atoms with van der Waals surface area (Å²) in [5.74, 6) is -1.24. The van der Waals surface area contributed by atoms with Crippen molar-refractivity contribution in [3.05, 3.63) is 41.0 Å². The SMILES string of the molecule is O=C(OCCO)C1=C(Cl)c2ccccc2C1=O. The van der Waals surface area contributed by atoms with Crippen LogP contribution < -0.4 is 0 Å². The topological polar surface area (TPSA) is 63.6 Å². The number of rotatable bonds is 3. The summed E-state index contributed by atoms with van der Waals surface area (Å²) in [6, 6.07) is 6.70. The summed E-state index contributed by atoms with van der Waals surface area (Å²) >= 11 is 5.97. The number of fused-ring (bicyclic) bond motifs is 1. The van der Waals surface area contributed by atoms with Gasteiger partial charge in [0.05, 0.1) is 11.6 Å². The summed E-state index contributed by atoms with van der Waals surface area (Å²) in [5.41, 5.74) is 0.768. The molecule has 17 heavy (non-hydrogen) atoms. The number of halogens is 1. The number of ether oxygens (including phenoxy) is 1. The molecule has 0 saturated heterocycles. The normalized spacial score (nSPS) is 13.9. The molecule has 0 unspecified atom stereocenters. The lowest BCUT2D eigenvalue weighted by Crippen LogP contribution is -2.15. The van der Waals surface area contributed by atoms with E-state index in [0.29, 0.717) is 11.1 Å². The number of ketones is 1. The lowest BCUT2D eigenvalue weighted by molar-refractivity contribution is -0.139. The number of carbonyl (C=O) groups is 2. The first kappa shape index (κ1) is 11.8. The molecule has 0 aliphatic heterocycles. The minimum absolute atomic E-state index is 0.105. The Balaban J connectivity index is 2.35. The van der Waals surface area contributed by atoms with Gasteiger partial charge in [-0.2, -0.15) is 0 Å². The van der Waals surface area contributed by atoms with Crippen LogP contribution in [0.2, 0.25) is 0 Å². The van der Waals surface area contributed by atoms with Gasteiger partial charge in [-0.1, -0.05) is 35.9 Å².